The van der Waals surface area contributed by atoms with Crippen LogP contribution in [0, 0.1) is 0 Å². The van der Waals surface area contributed by atoms with Gasteiger partial charge in [0.05, 0.1) is 6.54 Å². The molecule has 1 aliphatic heterocycles. The first-order valence-corrected chi connectivity index (χ1v) is 10.5. The van der Waals surface area contributed by atoms with E-state index in [1.54, 1.807) is 22.3 Å². The first-order valence-electron chi connectivity index (χ1n) is 9.62. The van der Waals surface area contributed by atoms with Crippen molar-refractivity contribution in [2.75, 3.05) is 13.1 Å². The minimum atomic E-state index is -1.12. The van der Waals surface area contributed by atoms with Gasteiger partial charge in [-0.15, -0.1) is 17.9 Å². The van der Waals surface area contributed by atoms with Gasteiger partial charge in [0.2, 0.25) is 5.91 Å². The highest BCUT2D eigenvalue weighted by Gasteiger charge is 2.52. The molecule has 0 bridgehead atoms. The van der Waals surface area contributed by atoms with Crippen molar-refractivity contribution in [3.8, 4) is 0 Å². The van der Waals surface area contributed by atoms with Gasteiger partial charge in [-0.1, -0.05) is 55.8 Å². The van der Waals surface area contributed by atoms with Crippen LogP contribution in [0.1, 0.15) is 30.2 Å². The van der Waals surface area contributed by atoms with E-state index in [2.05, 4.69) is 11.9 Å². The molecule has 1 fully saturated rings. The summed E-state index contributed by atoms with van der Waals surface area (Å²) in [5, 5.41) is 4.80. The number of rotatable bonds is 9. The summed E-state index contributed by atoms with van der Waals surface area (Å²) in [5.41, 5.74) is -0.388. The molecule has 1 aliphatic rings. The van der Waals surface area contributed by atoms with Gasteiger partial charge >= 0.3 is 6.03 Å². The molecule has 0 radical (unpaired) electrons. The molecule has 1 aromatic heterocycles. The Morgan fingerprint density at radius 1 is 1.24 bits per heavy atom. The highest BCUT2D eigenvalue weighted by molar-refractivity contribution is 7.09. The summed E-state index contributed by atoms with van der Waals surface area (Å²) in [7, 11) is 0. The van der Waals surface area contributed by atoms with Crippen LogP contribution in [0.25, 0.3) is 0 Å². The lowest BCUT2D eigenvalue weighted by atomic mass is 9.85. The Bertz CT molecular complexity index is 882. The lowest BCUT2D eigenvalue weighted by Gasteiger charge is -2.27. The van der Waals surface area contributed by atoms with Crippen molar-refractivity contribution in [3.63, 3.8) is 0 Å². The van der Waals surface area contributed by atoms with E-state index in [1.165, 1.54) is 0 Å². The first kappa shape index (κ1) is 20.8. The smallest absolute Gasteiger partial charge is 0.325 e. The molecule has 0 unspecified atom stereocenters. The zero-order valence-electron chi connectivity index (χ0n) is 16.5. The number of hydrogen-bond donors (Lipinski definition) is 1. The quantitative estimate of drug-likeness (QED) is 0.507. The molecule has 0 spiro atoms. The van der Waals surface area contributed by atoms with Crippen LogP contribution in [-0.2, 0) is 21.7 Å². The molecule has 4 amide bonds. The standard InChI is InChI=1S/C22H25N3O3S/c1-3-12-22(17-9-6-5-7-10-17)20(27)25(21(28)23-22)16-19(26)24(13-4-2)15-18-11-8-14-29-18/h4-11,14H,2-3,12-13,15-16H2,1H3,(H,23,28)/t22-/m0/s1. The van der Waals surface area contributed by atoms with Gasteiger partial charge in [0.25, 0.3) is 5.91 Å². The molecule has 0 saturated carbocycles. The molecule has 0 aliphatic carbocycles. The molecule has 152 valence electrons. The summed E-state index contributed by atoms with van der Waals surface area (Å²) in [6, 6.07) is 12.6. The van der Waals surface area contributed by atoms with Gasteiger partial charge in [0.1, 0.15) is 12.1 Å². The van der Waals surface area contributed by atoms with Crippen molar-refractivity contribution < 1.29 is 14.4 Å². The second-order valence-corrected chi connectivity index (χ2v) is 8.02. The maximum atomic E-state index is 13.3. The number of carbonyl (C=O) groups excluding carboxylic acids is 3. The number of urea groups is 1. The second kappa shape index (κ2) is 9.05. The number of carbonyl (C=O) groups is 3. The SMILES string of the molecule is C=CCN(Cc1cccs1)C(=O)CN1C(=O)N[C@@](CCC)(c2ccccc2)C1=O. The monoisotopic (exact) mass is 411 g/mol. The highest BCUT2D eigenvalue weighted by atomic mass is 32.1. The van der Waals surface area contributed by atoms with Crippen molar-refractivity contribution in [2.24, 2.45) is 0 Å². The summed E-state index contributed by atoms with van der Waals surface area (Å²) >= 11 is 1.55. The second-order valence-electron chi connectivity index (χ2n) is 6.99. The van der Waals surface area contributed by atoms with Gasteiger partial charge in [0.15, 0.2) is 0 Å². The van der Waals surface area contributed by atoms with E-state index in [4.69, 9.17) is 0 Å². The van der Waals surface area contributed by atoms with E-state index in [0.29, 0.717) is 25.9 Å². The van der Waals surface area contributed by atoms with E-state index in [9.17, 15) is 14.4 Å². The van der Waals surface area contributed by atoms with Crippen molar-refractivity contribution in [1.82, 2.24) is 15.1 Å². The fourth-order valence-electron chi connectivity index (χ4n) is 3.61. The maximum absolute atomic E-state index is 13.3. The third kappa shape index (κ3) is 4.24. The van der Waals surface area contributed by atoms with Crippen LogP contribution in [0.5, 0.6) is 0 Å². The van der Waals surface area contributed by atoms with Gasteiger partial charge in [-0.25, -0.2) is 4.79 Å². The molecular formula is C22H25N3O3S. The molecule has 1 aromatic carbocycles. The highest BCUT2D eigenvalue weighted by Crippen LogP contribution is 2.33. The Hall–Kier alpha value is -2.93. The minimum absolute atomic E-state index is 0.290. The van der Waals surface area contributed by atoms with Crippen molar-refractivity contribution in [3.05, 3.63) is 70.9 Å². The molecular weight excluding hydrogens is 386 g/mol. The van der Waals surface area contributed by atoms with Crippen LogP contribution < -0.4 is 5.32 Å². The van der Waals surface area contributed by atoms with Crippen LogP contribution in [-0.4, -0.2) is 40.7 Å². The van der Waals surface area contributed by atoms with Crippen LogP contribution in [0.4, 0.5) is 4.79 Å². The summed E-state index contributed by atoms with van der Waals surface area (Å²) < 4.78 is 0. The zero-order valence-corrected chi connectivity index (χ0v) is 17.3. The van der Waals surface area contributed by atoms with Crippen molar-refractivity contribution >= 4 is 29.2 Å². The van der Waals surface area contributed by atoms with Crippen molar-refractivity contribution in [1.29, 1.82) is 0 Å². The van der Waals surface area contributed by atoms with E-state index >= 15 is 0 Å². The Kier molecular flexibility index (Phi) is 6.49. The van der Waals surface area contributed by atoms with Crippen LogP contribution in [0.2, 0.25) is 0 Å². The Balaban J connectivity index is 1.81. The fraction of sp³-hybridized carbons (Fsp3) is 0.318. The first-order chi connectivity index (χ1) is 14.0. The molecule has 3 rings (SSSR count). The van der Waals surface area contributed by atoms with Gasteiger partial charge < -0.3 is 10.2 Å². The Labute approximate surface area is 174 Å². The molecule has 6 nitrogen and oxygen atoms in total. The molecule has 2 aromatic rings. The topological polar surface area (TPSA) is 69.7 Å². The van der Waals surface area contributed by atoms with Crippen LogP contribution >= 0.6 is 11.3 Å². The predicted octanol–water partition coefficient (Wildman–Crippen LogP) is 3.51. The Morgan fingerprint density at radius 2 is 2.00 bits per heavy atom. The molecule has 7 heteroatoms. The lowest BCUT2D eigenvalue weighted by Crippen LogP contribution is -2.45. The number of benzene rings is 1. The largest absolute Gasteiger partial charge is 0.332 e. The van der Waals surface area contributed by atoms with E-state index in [1.807, 2.05) is 54.8 Å². The average molecular weight is 412 g/mol. The molecule has 29 heavy (non-hydrogen) atoms. The van der Waals surface area contributed by atoms with Crippen LogP contribution in [0.3, 0.4) is 0 Å². The van der Waals surface area contributed by atoms with Gasteiger partial charge in [0, 0.05) is 11.4 Å². The third-order valence-electron chi connectivity index (χ3n) is 4.99. The lowest BCUT2D eigenvalue weighted by molar-refractivity contribution is -0.139. The van der Waals surface area contributed by atoms with Gasteiger partial charge in [-0.2, -0.15) is 0 Å². The third-order valence-corrected chi connectivity index (χ3v) is 5.85. The number of amides is 4. The van der Waals surface area contributed by atoms with E-state index in [0.717, 1.165) is 15.3 Å². The number of imide groups is 1. The molecule has 1 saturated heterocycles. The van der Waals surface area contributed by atoms with Crippen molar-refractivity contribution in [2.45, 2.75) is 31.8 Å². The fourth-order valence-corrected chi connectivity index (χ4v) is 4.33. The van der Waals surface area contributed by atoms with Crippen LogP contribution in [0.15, 0.2) is 60.5 Å². The maximum Gasteiger partial charge on any atom is 0.325 e. The summed E-state index contributed by atoms with van der Waals surface area (Å²) in [6.45, 7) is 6.15. The van der Waals surface area contributed by atoms with E-state index < -0.39 is 11.6 Å². The summed E-state index contributed by atoms with van der Waals surface area (Å²) in [6.07, 6.45) is 2.82. The summed E-state index contributed by atoms with van der Waals surface area (Å²) in [4.78, 5) is 42.6. The minimum Gasteiger partial charge on any atom is -0.332 e. The zero-order chi connectivity index (χ0) is 20.9. The number of nitrogens with one attached hydrogen (secondary N) is 1. The van der Waals surface area contributed by atoms with E-state index in [-0.39, 0.29) is 18.4 Å². The predicted molar refractivity (Wildman–Crippen MR) is 113 cm³/mol. The number of nitrogens with zero attached hydrogens (tertiary/aromatic N) is 2. The number of hydrogen-bond acceptors (Lipinski definition) is 4. The number of thiophene rings is 1. The van der Waals surface area contributed by atoms with Gasteiger partial charge in [-0.3, -0.25) is 14.5 Å². The average Bonchev–Trinajstić information content (AvgIpc) is 3.31. The van der Waals surface area contributed by atoms with Gasteiger partial charge in [-0.05, 0) is 23.4 Å². The normalized spacial score (nSPS) is 18.6. The molecule has 1 N–H and O–H groups in total. The summed E-state index contributed by atoms with van der Waals surface area (Å²) in [5.74, 6) is -0.666. The Morgan fingerprint density at radius 3 is 2.62 bits per heavy atom. The molecule has 2 heterocycles. The molecule has 1 atom stereocenters.